The molecule has 0 saturated carbocycles. The van der Waals surface area contributed by atoms with Gasteiger partial charge >= 0.3 is 0 Å². The maximum Gasteiger partial charge on any atom is 0.0359 e. The van der Waals surface area contributed by atoms with E-state index >= 15 is 0 Å². The van der Waals surface area contributed by atoms with Crippen LogP contribution in [0.4, 0.5) is 0 Å². The fourth-order valence-corrected chi connectivity index (χ4v) is 0. The zero-order valence-electron chi connectivity index (χ0n) is 3.49. The van der Waals surface area contributed by atoms with E-state index in [9.17, 15) is 0 Å². The second-order valence-corrected chi connectivity index (χ2v) is 1.88. The average Bonchev–Trinajstić information content (AvgIpc) is 1.69. The third-order valence-corrected chi connectivity index (χ3v) is 0.643. The number of rotatable bonds is 1. The van der Waals surface area contributed by atoms with E-state index in [1.807, 2.05) is 4.31 Å². The molecule has 0 aliphatic carbocycles. The van der Waals surface area contributed by atoms with Gasteiger partial charge in [0.1, 0.15) is 0 Å². The molecule has 0 N–H and O–H groups in total. The van der Waals surface area contributed by atoms with E-state index in [1.165, 1.54) is 0 Å². The zero-order chi connectivity index (χ0) is 6.12. The van der Waals surface area contributed by atoms with Gasteiger partial charge in [0.25, 0.3) is 0 Å². The predicted octanol–water partition coefficient (Wildman–Crippen LogP) is 2.48. The second kappa shape index (κ2) is 15.8. The van der Waals surface area contributed by atoms with Gasteiger partial charge in [0.05, 0.1) is 0 Å². The molecule has 0 aliphatic rings. The van der Waals surface area contributed by atoms with Crippen LogP contribution in [0.15, 0.2) is 0 Å². The number of halogens is 2. The summed E-state index contributed by atoms with van der Waals surface area (Å²) in [7, 11) is 0. The lowest BCUT2D eigenvalue weighted by atomic mass is 11.0. The first-order chi connectivity index (χ1) is 3.33. The summed E-state index contributed by atoms with van der Waals surface area (Å²) in [4.78, 5) is 0. The topological polar surface area (TPSA) is 0 Å². The van der Waals surface area contributed by atoms with Crippen molar-refractivity contribution in [2.75, 3.05) is 11.8 Å². The zero-order valence-corrected chi connectivity index (χ0v) is 6.63. The minimum Gasteiger partial charge on any atom is -0.125 e. The number of thiocarbonyl (C=S) groups is 2. The van der Waals surface area contributed by atoms with Gasteiger partial charge in [-0.3, -0.25) is 0 Å². The largest absolute Gasteiger partial charge is 0.125 e. The van der Waals surface area contributed by atoms with Crippen LogP contribution >= 0.6 is 47.6 Å². The van der Waals surface area contributed by atoms with Crippen LogP contribution in [0.25, 0.3) is 0 Å². The summed E-state index contributed by atoms with van der Waals surface area (Å²) in [6.45, 7) is 0. The maximum absolute atomic E-state index is 5.05. The molecule has 4 heteroatoms. The Hall–Kier alpha value is 0.800. The lowest BCUT2D eigenvalue weighted by molar-refractivity contribution is 1.52. The fraction of sp³-hybridized carbons (Fsp3) is 0.667. The molecular formula is C3H4Cl2S2. The summed E-state index contributed by atoms with van der Waals surface area (Å²) in [6, 6.07) is 0. The molecule has 0 spiro atoms. The summed E-state index contributed by atoms with van der Waals surface area (Å²) >= 11 is 18.0. The third-order valence-electron chi connectivity index (χ3n) is 0.0714. The van der Waals surface area contributed by atoms with Gasteiger partial charge < -0.3 is 0 Å². The fourth-order valence-electron chi connectivity index (χ4n) is 0. The van der Waals surface area contributed by atoms with Gasteiger partial charge in [0.2, 0.25) is 0 Å². The van der Waals surface area contributed by atoms with Gasteiger partial charge in [-0.1, -0.05) is 0 Å². The van der Waals surface area contributed by atoms with Crippen LogP contribution in [0.3, 0.4) is 0 Å². The molecule has 0 heterocycles. The third kappa shape index (κ3) is 48.4. The molecule has 42 valence electrons. The Morgan fingerprint density at radius 1 is 1.14 bits per heavy atom. The highest BCUT2D eigenvalue weighted by Crippen LogP contribution is 1.75. The molecule has 0 bridgehead atoms. The summed E-state index contributed by atoms with van der Waals surface area (Å²) in [5.41, 5.74) is 0. The molecule has 0 aromatic heterocycles. The SMILES string of the molecule is ClCCCl.S=C=S. The quantitative estimate of drug-likeness (QED) is 0.443. The van der Waals surface area contributed by atoms with Gasteiger partial charge in [-0.2, -0.15) is 0 Å². The van der Waals surface area contributed by atoms with Gasteiger partial charge in [-0.15, -0.1) is 23.2 Å². The van der Waals surface area contributed by atoms with Crippen molar-refractivity contribution in [2.45, 2.75) is 0 Å². The summed E-state index contributed by atoms with van der Waals surface area (Å²) in [5, 5.41) is 0. The Kier molecular flexibility index (Phi) is 24.3. The predicted molar refractivity (Wildman–Crippen MR) is 41.6 cm³/mol. The van der Waals surface area contributed by atoms with Gasteiger partial charge in [0, 0.05) is 16.1 Å². The van der Waals surface area contributed by atoms with Crippen molar-refractivity contribution in [1.82, 2.24) is 0 Å². The molecule has 0 rings (SSSR count). The number of alkyl halides is 2. The Bertz CT molecular complexity index is 46.9. The lowest BCUT2D eigenvalue weighted by Crippen LogP contribution is -1.63. The molecular weight excluding hydrogens is 171 g/mol. The molecule has 0 amide bonds. The molecule has 0 saturated heterocycles. The van der Waals surface area contributed by atoms with E-state index in [0.717, 1.165) is 0 Å². The van der Waals surface area contributed by atoms with Crippen LogP contribution < -0.4 is 0 Å². The lowest BCUT2D eigenvalue weighted by Gasteiger charge is -1.63. The van der Waals surface area contributed by atoms with Crippen LogP contribution in [-0.4, -0.2) is 16.1 Å². The Labute approximate surface area is 63.8 Å². The van der Waals surface area contributed by atoms with E-state index in [-0.39, 0.29) is 0 Å². The second-order valence-electron chi connectivity index (χ2n) is 0.461. The maximum atomic E-state index is 5.05. The smallest absolute Gasteiger partial charge is 0.0359 e. The van der Waals surface area contributed by atoms with Crippen molar-refractivity contribution >= 4 is 52.0 Å². The Morgan fingerprint density at radius 2 is 1.29 bits per heavy atom. The van der Waals surface area contributed by atoms with E-state index in [2.05, 4.69) is 24.4 Å². The van der Waals surface area contributed by atoms with Gasteiger partial charge in [-0.05, 0) is 24.4 Å². The van der Waals surface area contributed by atoms with Crippen molar-refractivity contribution in [3.8, 4) is 0 Å². The molecule has 0 nitrogen and oxygen atoms in total. The van der Waals surface area contributed by atoms with E-state index in [1.54, 1.807) is 0 Å². The van der Waals surface area contributed by atoms with Gasteiger partial charge in [-0.25, -0.2) is 0 Å². The van der Waals surface area contributed by atoms with Crippen LogP contribution in [-0.2, 0) is 0 Å². The van der Waals surface area contributed by atoms with Crippen LogP contribution in [0.2, 0.25) is 0 Å². The highest BCUT2D eigenvalue weighted by Gasteiger charge is 1.61. The first kappa shape index (κ1) is 10.7. The van der Waals surface area contributed by atoms with Crippen LogP contribution in [0.1, 0.15) is 0 Å². The Balaban J connectivity index is 0. The minimum absolute atomic E-state index is 0.557. The first-order valence-electron chi connectivity index (χ1n) is 1.44. The molecule has 7 heavy (non-hydrogen) atoms. The molecule has 0 fully saturated rings. The van der Waals surface area contributed by atoms with E-state index < -0.39 is 0 Å². The van der Waals surface area contributed by atoms with Crippen LogP contribution in [0, 0.1) is 0 Å². The van der Waals surface area contributed by atoms with E-state index in [0.29, 0.717) is 11.8 Å². The normalized spacial score (nSPS) is 5.43. The average molecular weight is 175 g/mol. The minimum atomic E-state index is 0.557. The molecule has 0 radical (unpaired) electrons. The summed E-state index contributed by atoms with van der Waals surface area (Å²) in [5.74, 6) is 1.11. The molecule has 0 aromatic carbocycles. The van der Waals surface area contributed by atoms with E-state index in [4.69, 9.17) is 23.2 Å². The molecule has 0 aliphatic heterocycles. The monoisotopic (exact) mass is 174 g/mol. The highest BCUT2D eigenvalue weighted by atomic mass is 35.5. The number of hydrogen-bond acceptors (Lipinski definition) is 2. The Morgan fingerprint density at radius 3 is 1.29 bits per heavy atom. The summed E-state index contributed by atoms with van der Waals surface area (Å²) in [6.07, 6.45) is 0. The first-order valence-corrected chi connectivity index (χ1v) is 3.33. The number of hydrogen-bond donors (Lipinski definition) is 0. The standard InChI is InChI=1S/C2H4Cl2.CS2/c3-1-2-4;2-1-3/h1-2H2;. The highest BCUT2D eigenvalue weighted by molar-refractivity contribution is 7.93. The van der Waals surface area contributed by atoms with Crippen molar-refractivity contribution in [3.05, 3.63) is 0 Å². The van der Waals surface area contributed by atoms with Crippen LogP contribution in [0.5, 0.6) is 0 Å². The van der Waals surface area contributed by atoms with Gasteiger partial charge in [0.15, 0.2) is 0 Å². The van der Waals surface area contributed by atoms with Crippen molar-refractivity contribution in [2.24, 2.45) is 0 Å². The van der Waals surface area contributed by atoms with Crippen molar-refractivity contribution in [1.29, 1.82) is 0 Å². The summed E-state index contributed by atoms with van der Waals surface area (Å²) < 4.78 is 1.92. The molecule has 0 aromatic rings. The van der Waals surface area contributed by atoms with Crippen molar-refractivity contribution in [3.63, 3.8) is 0 Å². The van der Waals surface area contributed by atoms with Crippen molar-refractivity contribution < 1.29 is 0 Å². The molecule has 0 unspecified atom stereocenters. The molecule has 0 atom stereocenters.